The number of carbonyl (C=O) groups excluding carboxylic acids is 1. The van der Waals surface area contributed by atoms with Crippen LogP contribution in [0.4, 0.5) is 0 Å². The van der Waals surface area contributed by atoms with Crippen LogP contribution in [-0.2, 0) is 0 Å². The zero-order valence-electron chi connectivity index (χ0n) is 17.2. The Labute approximate surface area is 188 Å². The molecule has 0 saturated carbocycles. The first-order chi connectivity index (χ1) is 15.5. The maximum Gasteiger partial charge on any atom is 0.272 e. The fourth-order valence-corrected chi connectivity index (χ4v) is 4.24. The van der Waals surface area contributed by atoms with Gasteiger partial charge in [0, 0.05) is 16.8 Å². The minimum absolute atomic E-state index is 0.236. The largest absolute Gasteiger partial charge is 0.343 e. The molecule has 0 aliphatic carbocycles. The summed E-state index contributed by atoms with van der Waals surface area (Å²) in [6, 6.07) is 23.5. The van der Waals surface area contributed by atoms with E-state index in [1.165, 1.54) is 0 Å². The number of carbonyl (C=O) groups is 1. The van der Waals surface area contributed by atoms with Crippen molar-refractivity contribution in [3.05, 3.63) is 106 Å². The number of fused-ring (bicyclic) bond motifs is 2. The van der Waals surface area contributed by atoms with Gasteiger partial charge in [-0.1, -0.05) is 60.1 Å². The molecule has 7 heteroatoms. The van der Waals surface area contributed by atoms with E-state index in [0.29, 0.717) is 27.5 Å². The van der Waals surface area contributed by atoms with Crippen molar-refractivity contribution in [1.29, 1.82) is 0 Å². The van der Waals surface area contributed by atoms with Gasteiger partial charge in [0.1, 0.15) is 0 Å². The number of aromatic nitrogens is 3. The Morgan fingerprint density at radius 3 is 2.59 bits per heavy atom. The number of hydrogen-bond donors (Lipinski definition) is 2. The van der Waals surface area contributed by atoms with Crippen molar-refractivity contribution in [3.63, 3.8) is 0 Å². The van der Waals surface area contributed by atoms with Crippen molar-refractivity contribution in [2.45, 2.75) is 13.0 Å². The number of H-pyrrole nitrogens is 1. The number of amides is 1. The normalized spacial score (nSPS) is 12.2. The standard InChI is InChI=1S/C25H19ClN4O2/c1-15(27-24(31)23-18-11-5-6-13-20(18)28-29-23)21-14-16-8-7-12-19(26)22(16)25(32)30(21)17-9-3-2-4-10-17/h2-15H,1H3,(H,27,31)(H,28,29). The molecule has 0 saturated heterocycles. The SMILES string of the molecule is CC(NC(=O)c1n[nH]c2ccccc12)c1cc2cccc(Cl)c2c(=O)n1-c1ccccc1. The van der Waals surface area contributed by atoms with E-state index >= 15 is 0 Å². The molecule has 5 aromatic rings. The second-order valence-electron chi connectivity index (χ2n) is 7.56. The predicted molar refractivity (Wildman–Crippen MR) is 127 cm³/mol. The molecule has 2 heterocycles. The van der Waals surface area contributed by atoms with Gasteiger partial charge in [-0.3, -0.25) is 19.3 Å². The molecule has 158 valence electrons. The maximum atomic E-state index is 13.5. The number of nitrogens with one attached hydrogen (secondary N) is 2. The molecular weight excluding hydrogens is 424 g/mol. The Kier molecular flexibility index (Phi) is 4.99. The second-order valence-corrected chi connectivity index (χ2v) is 7.97. The number of hydrogen-bond acceptors (Lipinski definition) is 3. The number of aromatic amines is 1. The lowest BCUT2D eigenvalue weighted by molar-refractivity contribution is 0.0935. The zero-order valence-corrected chi connectivity index (χ0v) is 17.9. The van der Waals surface area contributed by atoms with Gasteiger partial charge >= 0.3 is 0 Å². The van der Waals surface area contributed by atoms with Crippen LogP contribution in [0, 0.1) is 0 Å². The predicted octanol–water partition coefficient (Wildman–Crippen LogP) is 5.01. The van der Waals surface area contributed by atoms with E-state index in [4.69, 9.17) is 11.6 Å². The van der Waals surface area contributed by atoms with Gasteiger partial charge in [0.2, 0.25) is 0 Å². The summed E-state index contributed by atoms with van der Waals surface area (Å²) >= 11 is 6.37. The Morgan fingerprint density at radius 1 is 1.03 bits per heavy atom. The quantitative estimate of drug-likeness (QED) is 0.410. The lowest BCUT2D eigenvalue weighted by atomic mass is 10.1. The minimum Gasteiger partial charge on any atom is -0.343 e. The van der Waals surface area contributed by atoms with E-state index in [9.17, 15) is 9.59 Å². The molecule has 6 nitrogen and oxygen atoms in total. The number of benzene rings is 3. The molecule has 0 aliphatic heterocycles. The number of rotatable bonds is 4. The smallest absolute Gasteiger partial charge is 0.272 e. The highest BCUT2D eigenvalue weighted by Gasteiger charge is 2.21. The van der Waals surface area contributed by atoms with Crippen molar-refractivity contribution in [1.82, 2.24) is 20.1 Å². The molecule has 1 unspecified atom stereocenters. The highest BCUT2D eigenvalue weighted by Crippen LogP contribution is 2.26. The van der Waals surface area contributed by atoms with Gasteiger partial charge < -0.3 is 5.32 Å². The van der Waals surface area contributed by atoms with Crippen LogP contribution in [0.15, 0.2) is 83.7 Å². The van der Waals surface area contributed by atoms with Gasteiger partial charge in [-0.2, -0.15) is 5.10 Å². The first kappa shape index (κ1) is 20.0. The number of nitrogens with zero attached hydrogens (tertiary/aromatic N) is 2. The topological polar surface area (TPSA) is 79.8 Å². The Hall–Kier alpha value is -3.90. The third kappa shape index (κ3) is 3.35. The summed E-state index contributed by atoms with van der Waals surface area (Å²) in [5, 5.41) is 12.3. The summed E-state index contributed by atoms with van der Waals surface area (Å²) in [6.07, 6.45) is 0. The molecule has 1 amide bonds. The summed E-state index contributed by atoms with van der Waals surface area (Å²) in [6.45, 7) is 1.84. The third-order valence-electron chi connectivity index (χ3n) is 5.52. The van der Waals surface area contributed by atoms with Crippen molar-refractivity contribution in [3.8, 4) is 5.69 Å². The molecule has 0 fully saturated rings. The Morgan fingerprint density at radius 2 is 1.78 bits per heavy atom. The molecule has 2 N–H and O–H groups in total. The lowest BCUT2D eigenvalue weighted by Crippen LogP contribution is -2.32. The molecule has 1 atom stereocenters. The zero-order chi connectivity index (χ0) is 22.2. The van der Waals surface area contributed by atoms with Gasteiger partial charge in [-0.05, 0) is 42.6 Å². The van der Waals surface area contributed by atoms with Crippen molar-refractivity contribution < 1.29 is 4.79 Å². The molecule has 3 aromatic carbocycles. The third-order valence-corrected chi connectivity index (χ3v) is 5.83. The van der Waals surface area contributed by atoms with Crippen LogP contribution >= 0.6 is 11.6 Å². The summed E-state index contributed by atoms with van der Waals surface area (Å²) in [5.74, 6) is -0.326. The highest BCUT2D eigenvalue weighted by atomic mass is 35.5. The summed E-state index contributed by atoms with van der Waals surface area (Å²) in [4.78, 5) is 26.6. The summed E-state index contributed by atoms with van der Waals surface area (Å²) < 4.78 is 1.60. The molecule has 0 bridgehead atoms. The fourth-order valence-electron chi connectivity index (χ4n) is 3.98. The van der Waals surface area contributed by atoms with E-state index in [-0.39, 0.29) is 11.5 Å². The maximum absolute atomic E-state index is 13.5. The highest BCUT2D eigenvalue weighted by molar-refractivity contribution is 6.35. The molecular formula is C25H19ClN4O2. The fraction of sp³-hybridized carbons (Fsp3) is 0.0800. The Bertz CT molecular complexity index is 1520. The minimum atomic E-state index is -0.478. The second kappa shape index (κ2) is 7.98. The van der Waals surface area contributed by atoms with Crippen LogP contribution in [-0.4, -0.2) is 20.7 Å². The van der Waals surface area contributed by atoms with Crippen LogP contribution in [0.5, 0.6) is 0 Å². The lowest BCUT2D eigenvalue weighted by Gasteiger charge is -2.21. The number of para-hydroxylation sites is 2. The van der Waals surface area contributed by atoms with Crippen LogP contribution in [0.25, 0.3) is 27.4 Å². The molecule has 0 aliphatic rings. The van der Waals surface area contributed by atoms with Gasteiger partial charge in [0.05, 0.1) is 22.0 Å². The van der Waals surface area contributed by atoms with Crippen LogP contribution in [0.2, 0.25) is 5.02 Å². The average molecular weight is 443 g/mol. The van der Waals surface area contributed by atoms with Crippen LogP contribution in [0.1, 0.15) is 29.1 Å². The first-order valence-corrected chi connectivity index (χ1v) is 10.6. The first-order valence-electron chi connectivity index (χ1n) is 10.2. The van der Waals surface area contributed by atoms with Crippen molar-refractivity contribution in [2.24, 2.45) is 0 Å². The van der Waals surface area contributed by atoms with E-state index in [1.54, 1.807) is 16.7 Å². The van der Waals surface area contributed by atoms with Gasteiger partial charge in [-0.25, -0.2) is 0 Å². The van der Waals surface area contributed by atoms with E-state index in [0.717, 1.165) is 16.3 Å². The van der Waals surface area contributed by atoms with Gasteiger partial charge in [0.15, 0.2) is 5.69 Å². The van der Waals surface area contributed by atoms with Crippen molar-refractivity contribution >= 4 is 39.2 Å². The number of pyridine rings is 1. The van der Waals surface area contributed by atoms with Crippen LogP contribution < -0.4 is 10.9 Å². The molecule has 32 heavy (non-hydrogen) atoms. The van der Waals surface area contributed by atoms with Gasteiger partial charge in [0.25, 0.3) is 11.5 Å². The summed E-state index contributed by atoms with van der Waals surface area (Å²) in [7, 11) is 0. The summed E-state index contributed by atoms with van der Waals surface area (Å²) in [5.41, 5.74) is 2.20. The molecule has 0 spiro atoms. The molecule has 0 radical (unpaired) electrons. The van der Waals surface area contributed by atoms with E-state index in [2.05, 4.69) is 15.5 Å². The monoisotopic (exact) mass is 442 g/mol. The number of halogens is 1. The van der Waals surface area contributed by atoms with Gasteiger partial charge in [-0.15, -0.1) is 0 Å². The Balaban J connectivity index is 1.62. The van der Waals surface area contributed by atoms with E-state index < -0.39 is 6.04 Å². The molecule has 5 rings (SSSR count). The van der Waals surface area contributed by atoms with Crippen LogP contribution in [0.3, 0.4) is 0 Å². The molecule has 2 aromatic heterocycles. The van der Waals surface area contributed by atoms with Crippen molar-refractivity contribution in [2.75, 3.05) is 0 Å². The average Bonchev–Trinajstić information content (AvgIpc) is 3.24. The van der Waals surface area contributed by atoms with E-state index in [1.807, 2.05) is 73.7 Å².